The number of rotatable bonds is 15. The first-order chi connectivity index (χ1) is 50.5. The lowest BCUT2D eigenvalue weighted by molar-refractivity contribution is -0.280. The van der Waals surface area contributed by atoms with Gasteiger partial charge in [0.25, 0.3) is 29.5 Å². The quantitative estimate of drug-likeness (QED) is 0.0292. The number of nitrogens with two attached hydrogens (primary N) is 1. The standard InChI is InChI=1S/C63H66N14O22P2S5/c1-24(50(64)79)65-51(80)33-21-105-59(70-33)44-38(98-100(88)91-9)14-29-43(72-44)32-19-103-57(67-32)31-18-95-61(85)46-30-17-93-47(48(97-39-15-63(5,87)49(76(6)7)27(4)96-39)62(86)94-16-28-12-11-13-37(40(28)30)77(46)99-101(89)92-10)45(60-71-34(22-106-60)52(81)66-31)75-54(83)36-23-104-58(69-36)42(26(3)90-8)74-55(84)41(25(2)78)73-53(82)35-20-102-56(29)68-35/h11-14,19-23,25,27,31,39,41,45,47-49,78,87-89H,1,15-18H2,2-10H3,(H2,64,79)(H,65,80)(H,66,81)(H,73,82)(H,74,84)(H,75,83). The maximum atomic E-state index is 15.5. The fourth-order valence-electron chi connectivity index (χ4n) is 12.1. The molecule has 6 amide bonds. The van der Waals surface area contributed by atoms with Crippen molar-refractivity contribution in [2.75, 3.05) is 42.0 Å². The van der Waals surface area contributed by atoms with Gasteiger partial charge in [0.15, 0.2) is 23.8 Å². The third-order valence-corrected chi connectivity index (χ3v) is 22.7. The van der Waals surface area contributed by atoms with E-state index in [1.165, 1.54) is 60.0 Å². The molecule has 12 atom stereocenters. The summed E-state index contributed by atoms with van der Waals surface area (Å²) in [7, 11) is 1.57. The molecule has 1 saturated heterocycles. The lowest BCUT2D eigenvalue weighted by atomic mass is 9.85. The number of hydrogen-bond acceptors (Lipinski definition) is 34. The van der Waals surface area contributed by atoms with Crippen LogP contribution in [0, 0.1) is 0 Å². The Morgan fingerprint density at radius 3 is 2.19 bits per heavy atom. The SMILES string of the molecule is C=C(NC(=O)c1csc(-c2nc3c(cc2OP(O)OC)-c2nc(cs2)C(=O)NC(C(C)O)C(=O)NC(=C(C)OC)c2nc(cs2)C(=O)NC2c4nc(cs4)C(=O)NC(COC(=O)c4c5c6c(cccc6n4OP(O)OC)COC(=O)C(OC4CC(C)(O)C(N(C)C)C(C)O4)C2OC5)c2nc-3cs2)n1)C(N)=O. The van der Waals surface area contributed by atoms with Crippen LogP contribution in [-0.4, -0.2) is 197 Å². The summed E-state index contributed by atoms with van der Waals surface area (Å²) in [5.41, 5.74) is 1.92. The molecule has 106 heavy (non-hydrogen) atoms. The van der Waals surface area contributed by atoms with E-state index in [1.807, 2.05) is 0 Å². The number of aromatic nitrogens is 7. The minimum Gasteiger partial charge on any atom is -0.499 e. The van der Waals surface area contributed by atoms with E-state index in [2.05, 4.69) is 48.1 Å². The van der Waals surface area contributed by atoms with Gasteiger partial charge in [-0.1, -0.05) is 18.7 Å². The molecular formula is C63H66N14O22P2S5. The first-order valence-electron chi connectivity index (χ1n) is 31.6. The molecule has 12 unspecified atom stereocenters. The number of likely N-dealkylation sites (N-methyl/N-ethyl adjacent to an activating group) is 1. The van der Waals surface area contributed by atoms with E-state index >= 15 is 19.2 Å². The molecule has 12 rings (SSSR count). The predicted molar refractivity (Wildman–Crippen MR) is 381 cm³/mol. The highest BCUT2D eigenvalue weighted by Gasteiger charge is 2.50. The highest BCUT2D eigenvalue weighted by Crippen LogP contribution is 2.47. The van der Waals surface area contributed by atoms with Crippen LogP contribution in [0.15, 0.2) is 69.2 Å². The van der Waals surface area contributed by atoms with Crippen molar-refractivity contribution >= 4 is 138 Å². The second-order valence-electron chi connectivity index (χ2n) is 24.3. The van der Waals surface area contributed by atoms with Crippen molar-refractivity contribution in [2.24, 2.45) is 5.73 Å². The van der Waals surface area contributed by atoms with E-state index in [0.29, 0.717) is 0 Å². The van der Waals surface area contributed by atoms with Crippen LogP contribution in [0.5, 0.6) is 5.75 Å². The average molecular weight is 1590 g/mol. The van der Waals surface area contributed by atoms with E-state index in [4.69, 9.17) is 67.3 Å². The van der Waals surface area contributed by atoms with Crippen LogP contribution < -0.4 is 41.5 Å². The van der Waals surface area contributed by atoms with Gasteiger partial charge in [0.05, 0.1) is 48.8 Å². The van der Waals surface area contributed by atoms with Crippen molar-refractivity contribution in [3.05, 3.63) is 124 Å². The monoisotopic (exact) mass is 1590 g/mol. The first kappa shape index (κ1) is 76.8. The lowest BCUT2D eigenvalue weighted by Gasteiger charge is -2.48. The van der Waals surface area contributed by atoms with Crippen molar-refractivity contribution < 1.29 is 105 Å². The summed E-state index contributed by atoms with van der Waals surface area (Å²) in [4.78, 5) is 168. The van der Waals surface area contributed by atoms with Crippen LogP contribution in [0.1, 0.15) is 125 Å². The number of carbonyl (C=O) groups excluding carboxylic acids is 8. The first-order valence-corrected chi connectivity index (χ1v) is 38.2. The van der Waals surface area contributed by atoms with Crippen molar-refractivity contribution in [3.63, 3.8) is 0 Å². The smallest absolute Gasteiger partial charge is 0.414 e. The Morgan fingerprint density at radius 1 is 0.830 bits per heavy atom. The van der Waals surface area contributed by atoms with Gasteiger partial charge in [-0.3, -0.25) is 28.8 Å². The van der Waals surface area contributed by atoms with Crippen LogP contribution >= 0.6 is 73.9 Å². The fourth-order valence-corrected chi connectivity index (χ4v) is 17.0. The average Bonchev–Trinajstić information content (AvgIpc) is 1.56. The number of amides is 6. The van der Waals surface area contributed by atoms with Crippen molar-refractivity contribution in [2.45, 2.75) is 108 Å². The van der Waals surface area contributed by atoms with E-state index < -0.39 is 156 Å². The Labute approximate surface area is 623 Å². The van der Waals surface area contributed by atoms with Gasteiger partial charge in [-0.05, 0) is 59.5 Å². The Morgan fingerprint density at radius 2 is 1.49 bits per heavy atom. The highest BCUT2D eigenvalue weighted by molar-refractivity contribution is 7.41. The Bertz CT molecular complexity index is 4820. The number of fused-ring (bicyclic) bond motifs is 15. The molecule has 4 aliphatic rings. The van der Waals surface area contributed by atoms with Gasteiger partial charge in [0, 0.05) is 64.1 Å². The van der Waals surface area contributed by atoms with Crippen LogP contribution in [0.25, 0.3) is 49.3 Å². The zero-order valence-electron chi connectivity index (χ0n) is 57.2. The van der Waals surface area contributed by atoms with Gasteiger partial charge in [0.1, 0.15) is 114 Å². The molecule has 12 bridgehead atoms. The number of nitrogens with zero attached hydrogens (tertiary/aromatic N) is 8. The van der Waals surface area contributed by atoms with Crippen LogP contribution in [0.2, 0.25) is 0 Å². The van der Waals surface area contributed by atoms with Crippen LogP contribution in [0.3, 0.4) is 0 Å². The third kappa shape index (κ3) is 15.9. The summed E-state index contributed by atoms with van der Waals surface area (Å²) in [6.45, 7) is 7.54. The number of pyridine rings is 1. The second kappa shape index (κ2) is 31.9. The number of hydrogen-bond donors (Lipinski definition) is 10. The second-order valence-corrected chi connectivity index (χ2v) is 30.7. The van der Waals surface area contributed by atoms with Crippen molar-refractivity contribution in [1.82, 2.24) is 66.1 Å². The number of nitrogens with one attached hydrogen (secondary N) is 5. The van der Waals surface area contributed by atoms with Gasteiger partial charge < -0.3 is 104 Å². The number of allylic oxidation sites excluding steroid dienone is 1. The topological polar surface area (TPSA) is 481 Å². The number of primary amides is 1. The maximum Gasteiger partial charge on any atom is 0.414 e. The van der Waals surface area contributed by atoms with Gasteiger partial charge in [0.2, 0.25) is 5.91 Å². The minimum atomic E-state index is -2.83. The normalized spacial score (nSPS) is 23.7. The van der Waals surface area contributed by atoms with Crippen molar-refractivity contribution in [3.8, 4) is 38.4 Å². The summed E-state index contributed by atoms with van der Waals surface area (Å²) in [5.74, 6) is -8.20. The molecule has 8 aromatic rings. The molecule has 0 aliphatic carbocycles. The zero-order valence-corrected chi connectivity index (χ0v) is 63.0. The third-order valence-electron chi connectivity index (χ3n) is 16.9. The summed E-state index contributed by atoms with van der Waals surface area (Å²) < 4.78 is 61.4. The Hall–Kier alpha value is -8.84. The van der Waals surface area contributed by atoms with Gasteiger partial charge >= 0.3 is 29.1 Å². The largest absolute Gasteiger partial charge is 0.499 e. The number of carbonyl (C=O) groups is 8. The molecule has 0 saturated carbocycles. The number of ether oxygens (including phenoxy) is 6. The van der Waals surface area contributed by atoms with E-state index in [1.54, 1.807) is 45.0 Å². The number of aliphatic hydroxyl groups excluding tert-OH is 1. The molecule has 560 valence electrons. The fraction of sp³-hybridized carbons (Fsp3) is 0.365. The molecule has 1 fully saturated rings. The molecule has 1 aromatic carbocycles. The molecule has 11 heterocycles. The molecule has 36 nitrogen and oxygen atoms in total. The minimum absolute atomic E-state index is 0.00115. The molecule has 0 spiro atoms. The van der Waals surface area contributed by atoms with E-state index in [-0.39, 0.29) is 116 Å². The molecule has 4 aliphatic heterocycles. The number of benzene rings is 1. The zero-order chi connectivity index (χ0) is 75.9. The number of methoxy groups -OCH3 is 1. The number of thiazole rings is 5. The highest BCUT2D eigenvalue weighted by atomic mass is 32.1. The molecule has 11 N–H and O–H groups in total. The molecular weight excluding hydrogens is 1530 g/mol. The summed E-state index contributed by atoms with van der Waals surface area (Å²) in [5, 5.41) is 43.5. The summed E-state index contributed by atoms with van der Waals surface area (Å²) >= 11 is 4.38. The molecule has 43 heteroatoms. The summed E-state index contributed by atoms with van der Waals surface area (Å²) in [6.07, 6.45) is -7.77. The predicted octanol–water partition coefficient (Wildman–Crippen LogP) is 4.49. The van der Waals surface area contributed by atoms with Gasteiger partial charge in [-0.15, -0.1) is 56.7 Å². The van der Waals surface area contributed by atoms with E-state index in [0.717, 1.165) is 75.6 Å². The van der Waals surface area contributed by atoms with Crippen LogP contribution in [-0.2, 0) is 65.1 Å². The number of cyclic esters (lactones) is 2. The van der Waals surface area contributed by atoms with Gasteiger partial charge in [-0.25, -0.2) is 39.5 Å². The van der Waals surface area contributed by atoms with Gasteiger partial charge in [-0.2, -0.15) is 4.73 Å². The van der Waals surface area contributed by atoms with Crippen molar-refractivity contribution in [1.29, 1.82) is 0 Å². The number of aliphatic hydroxyl groups is 2. The van der Waals surface area contributed by atoms with Crippen LogP contribution in [0.4, 0.5) is 0 Å². The lowest BCUT2D eigenvalue weighted by Crippen LogP contribution is -2.62. The number of esters is 2. The summed E-state index contributed by atoms with van der Waals surface area (Å²) in [6, 6.07) is 0.615. The molecule has 0 radical (unpaired) electrons. The maximum absolute atomic E-state index is 15.5. The Balaban J connectivity index is 1.08. The Kier molecular flexibility index (Phi) is 23.1. The molecule has 7 aromatic heterocycles. The van der Waals surface area contributed by atoms with E-state index in [9.17, 15) is 39.2 Å².